The summed E-state index contributed by atoms with van der Waals surface area (Å²) in [5, 5.41) is 15.2. The summed E-state index contributed by atoms with van der Waals surface area (Å²) in [6.45, 7) is 4.41. The van der Waals surface area contributed by atoms with Crippen LogP contribution in [0.3, 0.4) is 0 Å². The van der Waals surface area contributed by atoms with Crippen molar-refractivity contribution in [2.24, 2.45) is 10.8 Å². The van der Waals surface area contributed by atoms with Gasteiger partial charge in [-0.25, -0.2) is 4.39 Å². The van der Waals surface area contributed by atoms with Crippen molar-refractivity contribution >= 4 is 23.5 Å². The average molecular weight is 527 g/mol. The molecule has 0 aliphatic heterocycles. The Bertz CT molecular complexity index is 1220. The van der Waals surface area contributed by atoms with E-state index in [9.17, 15) is 23.9 Å². The lowest BCUT2D eigenvalue weighted by Gasteiger charge is -2.38. The van der Waals surface area contributed by atoms with E-state index in [0.717, 1.165) is 25.3 Å². The fraction of sp³-hybridized carbons (Fsp3) is 0.483. The van der Waals surface area contributed by atoms with Gasteiger partial charge in [0, 0.05) is 12.6 Å². The van der Waals surface area contributed by atoms with E-state index in [1.54, 1.807) is 31.2 Å². The Balaban J connectivity index is 1.49. The number of carboxylic acid groups (broad SMARTS) is 1. The number of hydrogen-bond acceptors (Lipinski definition) is 5. The number of amides is 2. The Hall–Kier alpha value is -3.62. The molecule has 2 aliphatic carbocycles. The maximum atomic E-state index is 14.8. The second-order valence-corrected chi connectivity index (χ2v) is 11.0. The Morgan fingerprint density at radius 3 is 2.29 bits per heavy atom. The SMILES string of the molecule is COc1cc(F)c(O[C@H]2CC[C@@](C)(C(=O)O)CC2)cc1C(=O)Nc1ccccc1C(=O)NCC1(C)CCC1. The van der Waals surface area contributed by atoms with E-state index in [0.29, 0.717) is 43.5 Å². The van der Waals surface area contributed by atoms with Gasteiger partial charge in [0.2, 0.25) is 0 Å². The van der Waals surface area contributed by atoms with Crippen molar-refractivity contribution in [2.45, 2.75) is 64.9 Å². The Morgan fingerprint density at radius 2 is 1.68 bits per heavy atom. The molecule has 0 bridgehead atoms. The first-order chi connectivity index (χ1) is 18.0. The summed E-state index contributed by atoms with van der Waals surface area (Å²) >= 11 is 0. The molecule has 4 rings (SSSR count). The molecule has 9 heteroatoms. The fourth-order valence-corrected chi connectivity index (χ4v) is 5.04. The number of para-hydroxylation sites is 1. The number of hydrogen-bond donors (Lipinski definition) is 3. The van der Waals surface area contributed by atoms with E-state index in [-0.39, 0.29) is 34.5 Å². The van der Waals surface area contributed by atoms with Gasteiger partial charge in [-0.1, -0.05) is 25.5 Å². The predicted molar refractivity (Wildman–Crippen MR) is 140 cm³/mol. The van der Waals surface area contributed by atoms with Crippen molar-refractivity contribution in [1.82, 2.24) is 5.32 Å². The van der Waals surface area contributed by atoms with Crippen LogP contribution in [0.4, 0.5) is 10.1 Å². The second kappa shape index (κ2) is 11.0. The topological polar surface area (TPSA) is 114 Å². The third kappa shape index (κ3) is 5.92. The molecule has 0 heterocycles. The molecule has 0 atom stereocenters. The minimum atomic E-state index is -0.850. The average Bonchev–Trinajstić information content (AvgIpc) is 2.88. The first kappa shape index (κ1) is 27.4. The van der Waals surface area contributed by atoms with E-state index < -0.39 is 23.1 Å². The number of ether oxygens (including phenoxy) is 2. The normalized spacial score (nSPS) is 22.1. The van der Waals surface area contributed by atoms with Crippen LogP contribution in [0.15, 0.2) is 36.4 Å². The molecule has 2 amide bonds. The van der Waals surface area contributed by atoms with Crippen molar-refractivity contribution in [1.29, 1.82) is 0 Å². The minimum absolute atomic E-state index is 0.0225. The van der Waals surface area contributed by atoms with Crippen LogP contribution in [0.1, 0.15) is 79.5 Å². The first-order valence-electron chi connectivity index (χ1n) is 13.0. The van der Waals surface area contributed by atoms with Gasteiger partial charge in [0.15, 0.2) is 11.6 Å². The maximum absolute atomic E-state index is 14.8. The molecule has 0 saturated heterocycles. The molecule has 3 N–H and O–H groups in total. The number of halogens is 1. The molecule has 2 aromatic rings. The smallest absolute Gasteiger partial charge is 0.309 e. The quantitative estimate of drug-likeness (QED) is 0.402. The Kier molecular flexibility index (Phi) is 7.94. The van der Waals surface area contributed by atoms with Crippen LogP contribution >= 0.6 is 0 Å². The van der Waals surface area contributed by atoms with Gasteiger partial charge in [0.05, 0.1) is 35.4 Å². The summed E-state index contributed by atoms with van der Waals surface area (Å²) in [5.74, 6) is -2.49. The van der Waals surface area contributed by atoms with Gasteiger partial charge >= 0.3 is 5.97 Å². The zero-order valence-corrected chi connectivity index (χ0v) is 22.1. The van der Waals surface area contributed by atoms with Crippen LogP contribution < -0.4 is 20.1 Å². The van der Waals surface area contributed by atoms with Gasteiger partial charge in [-0.2, -0.15) is 0 Å². The molecule has 0 radical (unpaired) electrons. The van der Waals surface area contributed by atoms with Crippen molar-refractivity contribution in [3.63, 3.8) is 0 Å². The lowest BCUT2D eigenvalue weighted by atomic mass is 9.70. The van der Waals surface area contributed by atoms with E-state index in [4.69, 9.17) is 9.47 Å². The van der Waals surface area contributed by atoms with Crippen LogP contribution in [0.25, 0.3) is 0 Å². The molecule has 8 nitrogen and oxygen atoms in total. The van der Waals surface area contributed by atoms with Crippen molar-refractivity contribution < 1.29 is 33.4 Å². The summed E-state index contributed by atoms with van der Waals surface area (Å²) in [6, 6.07) is 9.08. The van der Waals surface area contributed by atoms with Crippen LogP contribution in [0, 0.1) is 16.6 Å². The summed E-state index contributed by atoms with van der Waals surface area (Å²) in [5.41, 5.74) is -0.0188. The molecule has 2 aliphatic rings. The third-order valence-corrected chi connectivity index (χ3v) is 8.00. The highest BCUT2D eigenvalue weighted by molar-refractivity contribution is 6.10. The van der Waals surface area contributed by atoms with Crippen LogP contribution in [0.2, 0.25) is 0 Å². The van der Waals surface area contributed by atoms with Crippen LogP contribution in [0.5, 0.6) is 11.5 Å². The molecule has 0 unspecified atom stereocenters. The highest BCUT2D eigenvalue weighted by Crippen LogP contribution is 2.40. The lowest BCUT2D eigenvalue weighted by Crippen LogP contribution is -2.40. The molecule has 2 aromatic carbocycles. The van der Waals surface area contributed by atoms with Gasteiger partial charge in [-0.15, -0.1) is 0 Å². The van der Waals surface area contributed by atoms with Crippen LogP contribution in [-0.4, -0.2) is 42.6 Å². The van der Waals surface area contributed by atoms with Crippen molar-refractivity contribution in [2.75, 3.05) is 19.0 Å². The maximum Gasteiger partial charge on any atom is 0.309 e. The van der Waals surface area contributed by atoms with E-state index >= 15 is 0 Å². The highest BCUT2D eigenvalue weighted by Gasteiger charge is 2.38. The molecule has 0 aromatic heterocycles. The molecular weight excluding hydrogens is 491 g/mol. The molecule has 38 heavy (non-hydrogen) atoms. The molecule has 2 fully saturated rings. The molecule has 204 valence electrons. The summed E-state index contributed by atoms with van der Waals surface area (Å²) in [6.07, 6.45) is 4.66. The first-order valence-corrected chi connectivity index (χ1v) is 13.0. The number of benzene rings is 2. The van der Waals surface area contributed by atoms with Crippen molar-refractivity contribution in [3.8, 4) is 11.5 Å². The zero-order valence-electron chi connectivity index (χ0n) is 22.1. The van der Waals surface area contributed by atoms with Gasteiger partial charge in [0.1, 0.15) is 5.75 Å². The zero-order chi connectivity index (χ0) is 27.5. The largest absolute Gasteiger partial charge is 0.496 e. The fourth-order valence-electron chi connectivity index (χ4n) is 5.04. The number of methoxy groups -OCH3 is 1. The molecule has 0 spiro atoms. The predicted octanol–water partition coefficient (Wildman–Crippen LogP) is 5.42. The monoisotopic (exact) mass is 526 g/mol. The van der Waals surface area contributed by atoms with E-state index in [1.165, 1.54) is 13.2 Å². The molecular formula is C29H35FN2O6. The van der Waals surface area contributed by atoms with Gasteiger partial charge in [-0.3, -0.25) is 14.4 Å². The van der Waals surface area contributed by atoms with Gasteiger partial charge in [-0.05, 0) is 69.1 Å². The summed E-state index contributed by atoms with van der Waals surface area (Å²) in [4.78, 5) is 37.7. The summed E-state index contributed by atoms with van der Waals surface area (Å²) in [7, 11) is 1.34. The molecule has 2 saturated carbocycles. The Morgan fingerprint density at radius 1 is 1.00 bits per heavy atom. The number of carboxylic acids is 1. The minimum Gasteiger partial charge on any atom is -0.496 e. The number of aliphatic carboxylic acids is 1. The third-order valence-electron chi connectivity index (χ3n) is 8.00. The standard InChI is InChI=1S/C29H35FN2O6/c1-28(11-6-12-28)17-31-25(33)19-7-4-5-8-22(19)32-26(34)20-15-24(21(30)16-23(20)37-3)38-18-9-13-29(2,14-10-18)27(35)36/h4-5,7-8,15-16,18H,6,9-14,17H2,1-3H3,(H,31,33)(H,32,34)(H,35,36)/t18-,29+. The Labute approximate surface area is 221 Å². The number of carbonyl (C=O) groups is 3. The lowest BCUT2D eigenvalue weighted by molar-refractivity contribution is -0.150. The second-order valence-electron chi connectivity index (χ2n) is 11.0. The summed E-state index contributed by atoms with van der Waals surface area (Å²) < 4.78 is 26.0. The van der Waals surface area contributed by atoms with E-state index in [2.05, 4.69) is 17.6 Å². The van der Waals surface area contributed by atoms with Crippen LogP contribution in [-0.2, 0) is 4.79 Å². The highest BCUT2D eigenvalue weighted by atomic mass is 19.1. The van der Waals surface area contributed by atoms with E-state index in [1.807, 2.05) is 0 Å². The number of rotatable bonds is 9. The van der Waals surface area contributed by atoms with Crippen molar-refractivity contribution in [3.05, 3.63) is 53.3 Å². The van der Waals surface area contributed by atoms with Gasteiger partial charge in [0.25, 0.3) is 11.8 Å². The number of nitrogens with one attached hydrogen (secondary N) is 2. The number of carbonyl (C=O) groups excluding carboxylic acids is 2. The number of anilines is 1. The van der Waals surface area contributed by atoms with Gasteiger partial charge < -0.3 is 25.2 Å².